The van der Waals surface area contributed by atoms with Crippen LogP contribution in [-0.2, 0) is 19.6 Å². The maximum atomic E-state index is 13.9. The van der Waals surface area contributed by atoms with Crippen LogP contribution in [-0.4, -0.2) is 67.3 Å². The molecule has 2 saturated heterocycles. The Morgan fingerprint density at radius 3 is 2.34 bits per heavy atom. The molecule has 1 N–H and O–H groups in total. The smallest absolute Gasteiger partial charge is 0.250 e. The summed E-state index contributed by atoms with van der Waals surface area (Å²) < 4.78 is 29.0. The summed E-state index contributed by atoms with van der Waals surface area (Å²) in [5.41, 5.74) is -0.0148. The number of amides is 2. The third kappa shape index (κ3) is 4.65. The molecular formula is C29H34N4O4S. The highest BCUT2D eigenvalue weighted by molar-refractivity contribution is 7.89. The molecule has 1 spiro atoms. The third-order valence-electron chi connectivity index (χ3n) is 7.85. The minimum atomic E-state index is -3.76. The van der Waals surface area contributed by atoms with Crippen LogP contribution < -0.4 is 10.2 Å². The predicted molar refractivity (Wildman–Crippen MR) is 148 cm³/mol. The molecule has 1 atom stereocenters. The van der Waals surface area contributed by atoms with Gasteiger partial charge in [0.2, 0.25) is 21.8 Å². The number of rotatable bonds is 7. The van der Waals surface area contributed by atoms with Crippen LogP contribution in [0.5, 0.6) is 0 Å². The molecule has 0 radical (unpaired) electrons. The average molecular weight is 535 g/mol. The summed E-state index contributed by atoms with van der Waals surface area (Å²) in [5.74, 6) is -0.309. The number of fused-ring (bicyclic) bond motifs is 1. The largest absolute Gasteiger partial charge is 0.352 e. The number of carbonyl (C=O) groups excluding carboxylic acids is 2. The van der Waals surface area contributed by atoms with Crippen molar-refractivity contribution in [1.29, 1.82) is 0 Å². The number of para-hydroxylation sites is 1. The maximum Gasteiger partial charge on any atom is 0.250 e. The van der Waals surface area contributed by atoms with Gasteiger partial charge in [0.1, 0.15) is 12.1 Å². The molecule has 1 unspecified atom stereocenters. The number of piperidine rings is 1. The van der Waals surface area contributed by atoms with Crippen molar-refractivity contribution >= 4 is 38.3 Å². The van der Waals surface area contributed by atoms with Crippen LogP contribution >= 0.6 is 0 Å². The third-order valence-corrected chi connectivity index (χ3v) is 9.81. The van der Waals surface area contributed by atoms with Gasteiger partial charge in [-0.15, -0.1) is 0 Å². The van der Waals surface area contributed by atoms with Crippen molar-refractivity contribution in [3.8, 4) is 0 Å². The zero-order chi connectivity index (χ0) is 26.9. The molecule has 0 aliphatic carbocycles. The number of hydrogen-bond acceptors (Lipinski definition) is 5. The lowest BCUT2D eigenvalue weighted by molar-refractivity contribution is -0.137. The fourth-order valence-electron chi connectivity index (χ4n) is 5.57. The molecule has 2 aliphatic heterocycles. The molecule has 0 aromatic heterocycles. The topological polar surface area (TPSA) is 90.0 Å². The molecule has 2 amide bonds. The number of nitrogens with zero attached hydrogens (tertiary/aromatic N) is 3. The van der Waals surface area contributed by atoms with Crippen molar-refractivity contribution in [3.63, 3.8) is 0 Å². The van der Waals surface area contributed by atoms with Crippen molar-refractivity contribution in [2.24, 2.45) is 0 Å². The second kappa shape index (κ2) is 10.4. The van der Waals surface area contributed by atoms with Crippen LogP contribution in [0.4, 0.5) is 5.69 Å². The van der Waals surface area contributed by atoms with Crippen LogP contribution in [0.15, 0.2) is 77.7 Å². The van der Waals surface area contributed by atoms with E-state index >= 15 is 0 Å². The van der Waals surface area contributed by atoms with Gasteiger partial charge < -0.3 is 15.1 Å². The second-order valence-corrected chi connectivity index (χ2v) is 12.1. The Bertz CT molecular complexity index is 1430. The summed E-state index contributed by atoms with van der Waals surface area (Å²) in [6, 6.07) is 22.5. The van der Waals surface area contributed by atoms with Gasteiger partial charge in [0.15, 0.2) is 0 Å². The van der Waals surface area contributed by atoms with Crippen LogP contribution in [0.2, 0.25) is 0 Å². The molecule has 3 aromatic rings. The fraction of sp³-hybridized carbons (Fsp3) is 0.379. The molecule has 38 heavy (non-hydrogen) atoms. The summed E-state index contributed by atoms with van der Waals surface area (Å²) in [5, 5.41) is 4.51. The Hall–Kier alpha value is -3.43. The van der Waals surface area contributed by atoms with E-state index in [1.807, 2.05) is 79.4 Å². The highest BCUT2D eigenvalue weighted by Gasteiger charge is 2.55. The highest BCUT2D eigenvalue weighted by atomic mass is 32.2. The molecule has 3 aromatic carbocycles. The molecule has 9 heteroatoms. The lowest BCUT2D eigenvalue weighted by Crippen LogP contribution is -2.57. The summed E-state index contributed by atoms with van der Waals surface area (Å²) in [6.45, 7) is 4.63. The Morgan fingerprint density at radius 1 is 0.974 bits per heavy atom. The van der Waals surface area contributed by atoms with Gasteiger partial charge in [-0.05, 0) is 49.8 Å². The van der Waals surface area contributed by atoms with Gasteiger partial charge in [0.25, 0.3) is 0 Å². The molecule has 8 nitrogen and oxygen atoms in total. The number of anilines is 1. The van der Waals surface area contributed by atoms with Crippen molar-refractivity contribution < 1.29 is 18.0 Å². The first-order valence-electron chi connectivity index (χ1n) is 13.2. The van der Waals surface area contributed by atoms with Gasteiger partial charge in [-0.3, -0.25) is 9.59 Å². The van der Waals surface area contributed by atoms with E-state index in [2.05, 4.69) is 5.32 Å². The van der Waals surface area contributed by atoms with Crippen LogP contribution in [0.1, 0.15) is 33.1 Å². The predicted octanol–water partition coefficient (Wildman–Crippen LogP) is 3.58. The van der Waals surface area contributed by atoms with Crippen molar-refractivity contribution in [3.05, 3.63) is 72.8 Å². The minimum Gasteiger partial charge on any atom is -0.352 e. The first-order chi connectivity index (χ1) is 18.3. The lowest BCUT2D eigenvalue weighted by Gasteiger charge is -2.42. The van der Waals surface area contributed by atoms with Gasteiger partial charge >= 0.3 is 0 Å². The summed E-state index contributed by atoms with van der Waals surface area (Å²) in [4.78, 5) is 30.5. The molecule has 2 aliphatic rings. The first-order valence-corrected chi connectivity index (χ1v) is 14.6. The van der Waals surface area contributed by atoms with Gasteiger partial charge in [-0.25, -0.2) is 8.42 Å². The van der Waals surface area contributed by atoms with Crippen molar-refractivity contribution in [2.75, 3.05) is 31.2 Å². The van der Waals surface area contributed by atoms with Crippen LogP contribution in [0.3, 0.4) is 0 Å². The number of hydrogen-bond donors (Lipinski definition) is 1. The van der Waals surface area contributed by atoms with E-state index in [1.54, 1.807) is 17.0 Å². The number of carbonyl (C=O) groups is 2. The Kier molecular flexibility index (Phi) is 7.15. The lowest BCUT2D eigenvalue weighted by atomic mass is 9.86. The normalized spacial score (nSPS) is 18.7. The van der Waals surface area contributed by atoms with E-state index in [1.165, 1.54) is 4.31 Å². The summed E-state index contributed by atoms with van der Waals surface area (Å²) in [6.07, 6.45) is 1.49. The zero-order valence-corrected chi connectivity index (χ0v) is 22.7. The first kappa shape index (κ1) is 26.2. The average Bonchev–Trinajstić information content (AvgIpc) is 3.19. The summed E-state index contributed by atoms with van der Waals surface area (Å²) in [7, 11) is -3.76. The summed E-state index contributed by atoms with van der Waals surface area (Å²) >= 11 is 0. The van der Waals surface area contributed by atoms with E-state index < -0.39 is 15.6 Å². The molecule has 200 valence electrons. The Morgan fingerprint density at radius 2 is 1.63 bits per heavy atom. The quantitative estimate of drug-likeness (QED) is 0.501. The minimum absolute atomic E-state index is 0.0216. The van der Waals surface area contributed by atoms with Gasteiger partial charge in [-0.2, -0.15) is 4.31 Å². The van der Waals surface area contributed by atoms with Gasteiger partial charge in [0.05, 0.1) is 11.6 Å². The monoisotopic (exact) mass is 534 g/mol. The molecule has 0 saturated carbocycles. The van der Waals surface area contributed by atoms with Crippen LogP contribution in [0.25, 0.3) is 10.8 Å². The zero-order valence-electron chi connectivity index (χ0n) is 21.8. The maximum absolute atomic E-state index is 13.9. The van der Waals surface area contributed by atoms with E-state index in [9.17, 15) is 18.0 Å². The van der Waals surface area contributed by atoms with E-state index in [0.29, 0.717) is 18.2 Å². The van der Waals surface area contributed by atoms with Crippen LogP contribution in [0, 0.1) is 0 Å². The molecule has 5 rings (SSSR count). The van der Waals surface area contributed by atoms with Crippen molar-refractivity contribution in [2.45, 2.75) is 49.6 Å². The molecule has 2 heterocycles. The Balaban J connectivity index is 1.41. The molecule has 2 fully saturated rings. The van der Waals surface area contributed by atoms with Gasteiger partial charge in [0, 0.05) is 30.2 Å². The number of nitrogens with one attached hydrogen (secondary N) is 1. The van der Waals surface area contributed by atoms with E-state index in [4.69, 9.17) is 0 Å². The second-order valence-electron chi connectivity index (χ2n) is 10.2. The highest BCUT2D eigenvalue weighted by Crippen LogP contribution is 2.40. The SMILES string of the molecule is CCC(C)NC(=O)CN1CN(c2ccccc2)C2(CCN(S(=O)(=O)c3cccc4ccccc34)CC2)C1=O. The fourth-order valence-corrected chi connectivity index (χ4v) is 7.23. The Labute approximate surface area is 224 Å². The number of sulfonamides is 1. The standard InChI is InChI=1S/C29H34N4O4S/c1-3-22(2)30-27(34)20-31-21-33(24-12-5-4-6-13-24)29(28(31)35)16-18-32(19-17-29)38(36,37)26-15-9-11-23-10-7-8-14-25(23)26/h4-15,22H,3,16-21H2,1-2H3,(H,30,34). The van der Waals surface area contributed by atoms with Crippen molar-refractivity contribution in [1.82, 2.24) is 14.5 Å². The van der Waals surface area contributed by atoms with E-state index in [-0.39, 0.29) is 49.1 Å². The molecular weight excluding hydrogens is 500 g/mol. The van der Waals surface area contributed by atoms with Gasteiger partial charge in [-0.1, -0.05) is 61.5 Å². The number of benzene rings is 3. The van der Waals surface area contributed by atoms with E-state index in [0.717, 1.165) is 17.5 Å². The molecule has 0 bridgehead atoms.